The second-order valence-electron chi connectivity index (χ2n) is 3.12. The molecule has 0 fully saturated rings. The van der Waals surface area contributed by atoms with Crippen LogP contribution in [-0.2, 0) is 23.0 Å². The van der Waals surface area contributed by atoms with Gasteiger partial charge in [0.15, 0.2) is 6.10 Å². The zero-order chi connectivity index (χ0) is 10.6. The summed E-state index contributed by atoms with van der Waals surface area (Å²) in [6.45, 7) is 1.92. The molecule has 5 nitrogen and oxygen atoms in total. The fourth-order valence-electron chi connectivity index (χ4n) is 1.03. The average molecular weight is 198 g/mol. The van der Waals surface area contributed by atoms with Gasteiger partial charge in [0.2, 0.25) is 0 Å². The normalized spacial score (nSPS) is 12.7. The van der Waals surface area contributed by atoms with Crippen LogP contribution in [0.25, 0.3) is 0 Å². The van der Waals surface area contributed by atoms with Crippen LogP contribution < -0.4 is 0 Å². The van der Waals surface area contributed by atoms with Gasteiger partial charge in [-0.3, -0.25) is 4.68 Å². The highest BCUT2D eigenvalue weighted by Crippen LogP contribution is 1.99. The molecule has 0 spiro atoms. The molecule has 1 heterocycles. The van der Waals surface area contributed by atoms with Crippen molar-refractivity contribution in [1.82, 2.24) is 9.78 Å². The minimum atomic E-state index is -0.934. The predicted octanol–water partition coefficient (Wildman–Crippen LogP) is 0.452. The van der Waals surface area contributed by atoms with Crippen molar-refractivity contribution in [3.63, 3.8) is 0 Å². The second kappa shape index (κ2) is 4.76. The number of hydrogen-bond acceptors (Lipinski definition) is 3. The van der Waals surface area contributed by atoms with Crippen LogP contribution in [0.15, 0.2) is 12.4 Å². The highest BCUT2D eigenvalue weighted by atomic mass is 16.5. The summed E-state index contributed by atoms with van der Waals surface area (Å²) in [4.78, 5) is 10.4. The van der Waals surface area contributed by atoms with E-state index in [9.17, 15) is 4.79 Å². The molecule has 1 aromatic heterocycles. The van der Waals surface area contributed by atoms with Crippen molar-refractivity contribution in [1.29, 1.82) is 0 Å². The fourth-order valence-corrected chi connectivity index (χ4v) is 1.03. The molecule has 0 aromatic carbocycles. The summed E-state index contributed by atoms with van der Waals surface area (Å²) in [5.74, 6) is -0.934. The number of rotatable bonds is 5. The average Bonchev–Trinajstić information content (AvgIpc) is 2.51. The number of carboxylic acid groups (broad SMARTS) is 1. The maximum atomic E-state index is 10.4. The number of aliphatic carboxylic acids is 1. The molecule has 1 N–H and O–H groups in total. The lowest BCUT2D eigenvalue weighted by Gasteiger charge is -2.06. The summed E-state index contributed by atoms with van der Waals surface area (Å²) in [5.41, 5.74) is 1.05. The maximum absolute atomic E-state index is 10.4. The molecule has 1 aromatic rings. The summed E-state index contributed by atoms with van der Waals surface area (Å²) in [6, 6.07) is 0. The van der Waals surface area contributed by atoms with Crippen molar-refractivity contribution < 1.29 is 14.6 Å². The first-order chi connectivity index (χ1) is 6.59. The van der Waals surface area contributed by atoms with E-state index in [1.165, 1.54) is 6.92 Å². The van der Waals surface area contributed by atoms with Crippen molar-refractivity contribution >= 4 is 5.97 Å². The zero-order valence-electron chi connectivity index (χ0n) is 8.30. The molecule has 5 heteroatoms. The zero-order valence-corrected chi connectivity index (χ0v) is 8.30. The molecule has 1 unspecified atom stereocenters. The molecule has 0 radical (unpaired) electrons. The van der Waals surface area contributed by atoms with Crippen molar-refractivity contribution in [2.24, 2.45) is 7.05 Å². The Labute approximate surface area is 82.3 Å². The highest BCUT2D eigenvalue weighted by Gasteiger charge is 2.10. The largest absolute Gasteiger partial charge is 0.479 e. The Morgan fingerprint density at radius 1 is 1.79 bits per heavy atom. The smallest absolute Gasteiger partial charge is 0.332 e. The molecule has 0 amide bonds. The van der Waals surface area contributed by atoms with Gasteiger partial charge in [0.1, 0.15) is 0 Å². The number of nitrogens with zero attached hydrogens (tertiary/aromatic N) is 2. The van der Waals surface area contributed by atoms with Crippen LogP contribution in [-0.4, -0.2) is 33.6 Å². The SMILES string of the molecule is CC(OCCc1cnn(C)c1)C(=O)O. The van der Waals surface area contributed by atoms with Crippen LogP contribution >= 0.6 is 0 Å². The van der Waals surface area contributed by atoms with Gasteiger partial charge in [-0.15, -0.1) is 0 Å². The van der Waals surface area contributed by atoms with Crippen LogP contribution in [0.1, 0.15) is 12.5 Å². The quantitative estimate of drug-likeness (QED) is 0.746. The first kappa shape index (κ1) is 10.7. The molecule has 14 heavy (non-hydrogen) atoms. The lowest BCUT2D eigenvalue weighted by Crippen LogP contribution is -2.20. The van der Waals surface area contributed by atoms with Crippen molar-refractivity contribution in [2.45, 2.75) is 19.4 Å². The van der Waals surface area contributed by atoms with E-state index in [4.69, 9.17) is 9.84 Å². The lowest BCUT2D eigenvalue weighted by molar-refractivity contribution is -0.149. The summed E-state index contributed by atoms with van der Waals surface area (Å²) in [6.07, 6.45) is 3.57. The van der Waals surface area contributed by atoms with E-state index in [0.717, 1.165) is 5.56 Å². The Morgan fingerprint density at radius 2 is 2.50 bits per heavy atom. The summed E-state index contributed by atoms with van der Waals surface area (Å²) in [7, 11) is 1.84. The molecule has 0 saturated heterocycles. The predicted molar refractivity (Wildman–Crippen MR) is 50.0 cm³/mol. The van der Waals surface area contributed by atoms with Crippen molar-refractivity contribution in [3.05, 3.63) is 18.0 Å². The van der Waals surface area contributed by atoms with Gasteiger partial charge in [-0.25, -0.2) is 4.79 Å². The van der Waals surface area contributed by atoms with Crippen molar-refractivity contribution in [3.8, 4) is 0 Å². The van der Waals surface area contributed by atoms with E-state index < -0.39 is 12.1 Å². The number of carboxylic acids is 1. The van der Waals surface area contributed by atoms with Crippen LogP contribution in [0, 0.1) is 0 Å². The number of carbonyl (C=O) groups is 1. The third-order valence-electron chi connectivity index (χ3n) is 1.86. The Hall–Kier alpha value is -1.36. The van der Waals surface area contributed by atoms with E-state index in [1.807, 2.05) is 13.2 Å². The molecule has 0 aliphatic heterocycles. The Morgan fingerprint density at radius 3 is 3.00 bits per heavy atom. The van der Waals surface area contributed by atoms with Crippen molar-refractivity contribution in [2.75, 3.05) is 6.61 Å². The molecule has 0 aliphatic rings. The third-order valence-corrected chi connectivity index (χ3v) is 1.86. The minimum absolute atomic E-state index is 0.402. The third kappa shape index (κ3) is 3.18. The minimum Gasteiger partial charge on any atom is -0.479 e. The van der Waals surface area contributed by atoms with Gasteiger partial charge in [0, 0.05) is 13.2 Å². The Bertz CT molecular complexity index is 309. The van der Waals surface area contributed by atoms with Crippen LogP contribution in [0.4, 0.5) is 0 Å². The number of ether oxygens (including phenoxy) is 1. The van der Waals surface area contributed by atoms with Crippen LogP contribution in [0.5, 0.6) is 0 Å². The topological polar surface area (TPSA) is 64.4 Å². The first-order valence-corrected chi connectivity index (χ1v) is 4.41. The molecule has 0 saturated carbocycles. The monoisotopic (exact) mass is 198 g/mol. The highest BCUT2D eigenvalue weighted by molar-refractivity contribution is 5.71. The molecular weight excluding hydrogens is 184 g/mol. The number of hydrogen-bond donors (Lipinski definition) is 1. The van der Waals surface area contributed by atoms with Gasteiger partial charge in [-0.2, -0.15) is 5.10 Å². The van der Waals surface area contributed by atoms with E-state index in [0.29, 0.717) is 13.0 Å². The standard InChI is InChI=1S/C9H14N2O3/c1-7(9(12)13)14-4-3-8-5-10-11(2)6-8/h5-7H,3-4H2,1-2H3,(H,12,13). The molecule has 78 valence electrons. The number of aromatic nitrogens is 2. The molecule has 0 aliphatic carbocycles. The summed E-state index contributed by atoms with van der Waals surface area (Å²) >= 11 is 0. The maximum Gasteiger partial charge on any atom is 0.332 e. The molecular formula is C9H14N2O3. The lowest BCUT2D eigenvalue weighted by atomic mass is 10.3. The van der Waals surface area contributed by atoms with E-state index >= 15 is 0 Å². The molecule has 0 bridgehead atoms. The summed E-state index contributed by atoms with van der Waals surface area (Å²) < 4.78 is 6.78. The van der Waals surface area contributed by atoms with Crippen LogP contribution in [0.3, 0.4) is 0 Å². The van der Waals surface area contributed by atoms with Crippen LogP contribution in [0.2, 0.25) is 0 Å². The van der Waals surface area contributed by atoms with Gasteiger partial charge in [-0.1, -0.05) is 0 Å². The van der Waals surface area contributed by atoms with Gasteiger partial charge in [0.05, 0.1) is 12.8 Å². The Balaban J connectivity index is 2.25. The van der Waals surface area contributed by atoms with Gasteiger partial charge < -0.3 is 9.84 Å². The number of aryl methyl sites for hydroxylation is 1. The van der Waals surface area contributed by atoms with E-state index in [1.54, 1.807) is 10.9 Å². The second-order valence-corrected chi connectivity index (χ2v) is 3.12. The Kier molecular flexibility index (Phi) is 3.64. The van der Waals surface area contributed by atoms with Gasteiger partial charge in [0.25, 0.3) is 0 Å². The van der Waals surface area contributed by atoms with Gasteiger partial charge >= 0.3 is 5.97 Å². The molecule has 1 rings (SSSR count). The fraction of sp³-hybridized carbons (Fsp3) is 0.556. The van der Waals surface area contributed by atoms with Gasteiger partial charge in [-0.05, 0) is 18.9 Å². The first-order valence-electron chi connectivity index (χ1n) is 4.41. The molecule has 1 atom stereocenters. The van der Waals surface area contributed by atoms with E-state index in [2.05, 4.69) is 5.10 Å². The summed E-state index contributed by atoms with van der Waals surface area (Å²) in [5, 5.41) is 12.5. The van der Waals surface area contributed by atoms with E-state index in [-0.39, 0.29) is 0 Å².